The number of carboxylic acid groups (broad SMARTS) is 1. The molecule has 0 radical (unpaired) electrons. The number of carbonyl (C=O) groups is 2. The van der Waals surface area contributed by atoms with Gasteiger partial charge < -0.3 is 14.7 Å². The first kappa shape index (κ1) is 22.7. The van der Waals surface area contributed by atoms with Crippen molar-refractivity contribution in [1.82, 2.24) is 0 Å². The summed E-state index contributed by atoms with van der Waals surface area (Å²) in [5.41, 5.74) is 0.703. The third-order valence-corrected chi connectivity index (χ3v) is 6.24. The molecule has 1 amide bonds. The molecule has 3 rings (SSSR count). The van der Waals surface area contributed by atoms with Crippen LogP contribution in [-0.4, -0.2) is 50.2 Å². The van der Waals surface area contributed by atoms with E-state index in [0.29, 0.717) is 18.2 Å². The molecular formula is C21H21F2NO6S. The number of hydrogen-bond acceptors (Lipinski definition) is 5. The molecule has 0 saturated carbocycles. The topological polar surface area (TPSA) is 101 Å². The highest BCUT2D eigenvalue weighted by molar-refractivity contribution is 7.90. The van der Waals surface area contributed by atoms with Gasteiger partial charge in [0.25, 0.3) is 11.8 Å². The summed E-state index contributed by atoms with van der Waals surface area (Å²) in [7, 11) is -3.69. The van der Waals surface area contributed by atoms with Gasteiger partial charge in [0.15, 0.2) is 15.9 Å². The molecule has 31 heavy (non-hydrogen) atoms. The number of hydrogen-bond donors (Lipinski definition) is 1. The van der Waals surface area contributed by atoms with Crippen molar-refractivity contribution >= 4 is 27.4 Å². The Kier molecular flexibility index (Phi) is 5.79. The molecular weight excluding hydrogens is 432 g/mol. The molecule has 1 N–H and O–H groups in total. The Labute approximate surface area is 178 Å². The molecule has 2 aromatic carbocycles. The number of fused-ring (bicyclic) bond motifs is 1. The first-order chi connectivity index (χ1) is 14.3. The zero-order chi connectivity index (χ0) is 23.1. The van der Waals surface area contributed by atoms with E-state index in [-0.39, 0.29) is 34.7 Å². The molecule has 1 heterocycles. The third kappa shape index (κ3) is 4.53. The maximum Gasteiger partial charge on any atom is 0.336 e. The summed E-state index contributed by atoms with van der Waals surface area (Å²) in [6.45, 7) is 1.97. The Morgan fingerprint density at radius 3 is 2.45 bits per heavy atom. The van der Waals surface area contributed by atoms with E-state index >= 15 is 0 Å². The van der Waals surface area contributed by atoms with Crippen molar-refractivity contribution in [1.29, 1.82) is 0 Å². The molecule has 0 fully saturated rings. The summed E-state index contributed by atoms with van der Waals surface area (Å²) < 4.78 is 56.6. The van der Waals surface area contributed by atoms with Crippen LogP contribution in [0.25, 0.3) is 0 Å². The van der Waals surface area contributed by atoms with Crippen LogP contribution in [0.3, 0.4) is 0 Å². The van der Waals surface area contributed by atoms with E-state index in [4.69, 9.17) is 4.74 Å². The minimum atomic E-state index is -3.69. The molecule has 0 bridgehead atoms. The zero-order valence-corrected chi connectivity index (χ0v) is 17.9. The number of nitrogens with zero attached hydrogens (tertiary/aromatic N) is 1. The molecule has 166 valence electrons. The monoisotopic (exact) mass is 453 g/mol. The van der Waals surface area contributed by atoms with Gasteiger partial charge >= 0.3 is 5.97 Å². The van der Waals surface area contributed by atoms with Crippen molar-refractivity contribution in [2.75, 3.05) is 17.7 Å². The van der Waals surface area contributed by atoms with Gasteiger partial charge in [0.1, 0.15) is 5.75 Å². The molecule has 1 unspecified atom stereocenters. The summed E-state index contributed by atoms with van der Waals surface area (Å²) >= 11 is 0. The average Bonchev–Trinajstić information content (AvgIpc) is 3.10. The lowest BCUT2D eigenvalue weighted by molar-refractivity contribution is -0.0719. The van der Waals surface area contributed by atoms with Crippen LogP contribution in [0.5, 0.6) is 5.75 Å². The first-order valence-corrected chi connectivity index (χ1v) is 11.3. The van der Waals surface area contributed by atoms with Crippen LogP contribution >= 0.6 is 0 Å². The Morgan fingerprint density at radius 2 is 1.87 bits per heavy atom. The second-order valence-corrected chi connectivity index (χ2v) is 9.48. The molecule has 7 nitrogen and oxygen atoms in total. The minimum Gasteiger partial charge on any atom is -0.484 e. The van der Waals surface area contributed by atoms with E-state index in [1.807, 2.05) is 0 Å². The summed E-state index contributed by atoms with van der Waals surface area (Å²) in [6.07, 6.45) is -0.327. The molecule has 1 atom stereocenters. The predicted octanol–water partition coefficient (Wildman–Crippen LogP) is 3.41. The maximum atomic E-state index is 13.6. The summed E-state index contributed by atoms with van der Waals surface area (Å²) in [4.78, 5) is 25.9. The SMILES string of the molecule is CC(Oc1ccc(S(C)(=O)=O)cc1C(=O)N1CCc2c(C(=O)O)cccc21)C(C)(F)F. The van der Waals surface area contributed by atoms with Gasteiger partial charge in [0, 0.05) is 25.4 Å². The van der Waals surface area contributed by atoms with Crippen molar-refractivity contribution in [3.8, 4) is 5.75 Å². The van der Waals surface area contributed by atoms with E-state index in [1.54, 1.807) is 6.07 Å². The number of aromatic carboxylic acids is 1. The van der Waals surface area contributed by atoms with Crippen LogP contribution in [0.2, 0.25) is 0 Å². The molecule has 2 aromatic rings. The quantitative estimate of drug-likeness (QED) is 0.719. The molecule has 0 aromatic heterocycles. The number of carbonyl (C=O) groups excluding carboxylic acids is 1. The van der Waals surface area contributed by atoms with Crippen molar-refractivity contribution in [2.45, 2.75) is 37.2 Å². The number of amides is 1. The lowest BCUT2D eigenvalue weighted by atomic mass is 10.1. The van der Waals surface area contributed by atoms with Gasteiger partial charge in [-0.25, -0.2) is 22.0 Å². The molecule has 10 heteroatoms. The third-order valence-electron chi connectivity index (χ3n) is 5.13. The number of benzene rings is 2. The van der Waals surface area contributed by atoms with E-state index in [0.717, 1.165) is 19.2 Å². The number of anilines is 1. The second kappa shape index (κ2) is 7.92. The molecule has 0 aliphatic carbocycles. The minimum absolute atomic E-state index is 0.0633. The van der Waals surface area contributed by atoms with Crippen LogP contribution in [0.15, 0.2) is 41.3 Å². The molecule has 1 aliphatic rings. The van der Waals surface area contributed by atoms with Crippen molar-refractivity contribution in [3.63, 3.8) is 0 Å². The van der Waals surface area contributed by atoms with Gasteiger partial charge in [0.2, 0.25) is 0 Å². The lowest BCUT2D eigenvalue weighted by Gasteiger charge is -2.24. The van der Waals surface area contributed by atoms with Crippen LogP contribution in [0, 0.1) is 0 Å². The number of alkyl halides is 2. The highest BCUT2D eigenvalue weighted by Crippen LogP contribution is 2.35. The average molecular weight is 453 g/mol. The van der Waals surface area contributed by atoms with Crippen LogP contribution in [-0.2, 0) is 16.3 Å². The van der Waals surface area contributed by atoms with Crippen LogP contribution < -0.4 is 9.64 Å². The number of rotatable bonds is 6. The lowest BCUT2D eigenvalue weighted by Crippen LogP contribution is -2.34. The van der Waals surface area contributed by atoms with Gasteiger partial charge in [-0.2, -0.15) is 0 Å². The largest absolute Gasteiger partial charge is 0.484 e. The molecule has 0 spiro atoms. The van der Waals surface area contributed by atoms with Gasteiger partial charge in [-0.05, 0) is 49.2 Å². The van der Waals surface area contributed by atoms with Crippen LogP contribution in [0.1, 0.15) is 40.1 Å². The van der Waals surface area contributed by atoms with E-state index in [1.165, 1.54) is 29.2 Å². The van der Waals surface area contributed by atoms with Gasteiger partial charge in [-0.15, -0.1) is 0 Å². The number of carboxylic acids is 1. The van der Waals surface area contributed by atoms with E-state index in [2.05, 4.69) is 0 Å². The fourth-order valence-corrected chi connectivity index (χ4v) is 3.94. The fraction of sp³-hybridized carbons (Fsp3) is 0.333. The fourth-order valence-electron chi connectivity index (χ4n) is 3.29. The number of ether oxygens (including phenoxy) is 1. The van der Waals surface area contributed by atoms with Crippen molar-refractivity contribution < 1.29 is 36.6 Å². The van der Waals surface area contributed by atoms with Crippen LogP contribution in [0.4, 0.5) is 14.5 Å². The zero-order valence-electron chi connectivity index (χ0n) is 17.1. The standard InChI is InChI=1S/C21H21F2NO6S/c1-12(21(2,22)23)30-18-8-7-13(31(3,28)29)11-16(18)19(25)24-10-9-14-15(20(26)27)5-4-6-17(14)24/h4-8,11-12H,9-10H2,1-3H3,(H,26,27). The summed E-state index contributed by atoms with van der Waals surface area (Å²) in [5.74, 6) is -5.19. The van der Waals surface area contributed by atoms with Crippen molar-refractivity contribution in [2.24, 2.45) is 0 Å². The Bertz CT molecular complexity index is 1160. The van der Waals surface area contributed by atoms with Gasteiger partial charge in [-0.3, -0.25) is 4.79 Å². The highest BCUT2D eigenvalue weighted by atomic mass is 32.2. The number of halogens is 2. The van der Waals surface area contributed by atoms with Gasteiger partial charge in [-0.1, -0.05) is 6.07 Å². The number of sulfone groups is 1. The predicted molar refractivity (Wildman–Crippen MR) is 109 cm³/mol. The summed E-state index contributed by atoms with van der Waals surface area (Å²) in [6, 6.07) is 7.96. The van der Waals surface area contributed by atoms with E-state index in [9.17, 15) is 31.9 Å². The summed E-state index contributed by atoms with van der Waals surface area (Å²) in [5, 5.41) is 9.38. The van der Waals surface area contributed by atoms with Crippen molar-refractivity contribution in [3.05, 3.63) is 53.1 Å². The smallest absolute Gasteiger partial charge is 0.336 e. The molecule has 1 aliphatic heterocycles. The second-order valence-electron chi connectivity index (χ2n) is 7.46. The molecule has 0 saturated heterocycles. The highest BCUT2D eigenvalue weighted by Gasteiger charge is 2.35. The maximum absolute atomic E-state index is 13.6. The normalized spacial score (nSPS) is 14.8. The Hall–Kier alpha value is -3.01. The Morgan fingerprint density at radius 1 is 1.19 bits per heavy atom. The van der Waals surface area contributed by atoms with Gasteiger partial charge in [0.05, 0.1) is 16.0 Å². The van der Waals surface area contributed by atoms with E-state index < -0.39 is 33.7 Å². The Balaban J connectivity index is 2.08. The first-order valence-electron chi connectivity index (χ1n) is 9.36.